The van der Waals surface area contributed by atoms with Gasteiger partial charge in [0.2, 0.25) is 0 Å². The molecule has 0 atom stereocenters. The molecule has 90 valence electrons. The molecule has 0 bridgehead atoms. The average Bonchev–Trinajstić information content (AvgIpc) is 2.28. The maximum atomic E-state index is 11.2. The summed E-state index contributed by atoms with van der Waals surface area (Å²) < 4.78 is 0. The van der Waals surface area contributed by atoms with Gasteiger partial charge in [0.1, 0.15) is 0 Å². The number of anilines is 1. The third-order valence-electron chi connectivity index (χ3n) is 1.87. The van der Waals surface area contributed by atoms with E-state index in [0.29, 0.717) is 17.3 Å². The molecule has 0 spiro atoms. The number of thiocarbonyl (C=S) groups is 1. The fraction of sp³-hybridized carbons (Fsp3) is 0.0909. The lowest BCUT2D eigenvalue weighted by molar-refractivity contribution is -0.268. The Morgan fingerprint density at radius 1 is 1.59 bits per heavy atom. The summed E-state index contributed by atoms with van der Waals surface area (Å²) in [5.74, 6) is -1.79. The zero-order valence-electron chi connectivity index (χ0n) is 8.90. The normalized spacial score (nSPS) is 9.41. The largest absolute Gasteiger partial charge is 0.872 e. The van der Waals surface area contributed by atoms with Gasteiger partial charge in [-0.05, 0) is 24.4 Å². The standard InChI is InChI=1S/C11H12N2O3S/c1-2-5-12-11(17)13-7-3-4-9(14)8(6-7)10(15)16/h2-4,6,14H,1,5H2,(H,15,16)(H2,12,13,17)/p-1. The highest BCUT2D eigenvalue weighted by molar-refractivity contribution is 7.80. The molecule has 0 radical (unpaired) electrons. The molecule has 5 nitrogen and oxygen atoms in total. The number of hydrogen-bond acceptors (Lipinski definition) is 3. The van der Waals surface area contributed by atoms with Gasteiger partial charge in [0.05, 0.1) is 5.56 Å². The second kappa shape index (κ2) is 5.86. The van der Waals surface area contributed by atoms with Crippen molar-refractivity contribution in [3.8, 4) is 5.75 Å². The SMILES string of the molecule is C=CCNC(=S)Nc1ccc([O-])c(C(=O)O)c1. The van der Waals surface area contributed by atoms with Crippen LogP contribution in [0.4, 0.5) is 5.69 Å². The van der Waals surface area contributed by atoms with E-state index in [1.165, 1.54) is 18.2 Å². The first-order valence-electron chi connectivity index (χ1n) is 4.74. The molecule has 0 aromatic heterocycles. The average molecular weight is 251 g/mol. The molecule has 6 heteroatoms. The van der Waals surface area contributed by atoms with E-state index < -0.39 is 11.7 Å². The Morgan fingerprint density at radius 3 is 2.88 bits per heavy atom. The molecular formula is C11H11N2O3S-. The number of carbonyl (C=O) groups is 1. The van der Waals surface area contributed by atoms with E-state index in [1.807, 2.05) is 0 Å². The van der Waals surface area contributed by atoms with Gasteiger partial charge in [-0.1, -0.05) is 17.9 Å². The third kappa shape index (κ3) is 3.76. The van der Waals surface area contributed by atoms with Gasteiger partial charge in [-0.3, -0.25) is 0 Å². The maximum Gasteiger partial charge on any atom is 0.335 e. The first-order valence-corrected chi connectivity index (χ1v) is 5.15. The predicted molar refractivity (Wildman–Crippen MR) is 67.3 cm³/mol. The van der Waals surface area contributed by atoms with Crippen LogP contribution < -0.4 is 15.7 Å². The first-order chi connectivity index (χ1) is 8.04. The Labute approximate surface area is 104 Å². The van der Waals surface area contributed by atoms with E-state index in [2.05, 4.69) is 17.2 Å². The molecule has 0 unspecified atom stereocenters. The second-order valence-corrected chi connectivity index (χ2v) is 3.55. The van der Waals surface area contributed by atoms with Crippen molar-refractivity contribution in [2.75, 3.05) is 11.9 Å². The summed E-state index contributed by atoms with van der Waals surface area (Å²) in [6, 6.07) is 3.89. The summed E-state index contributed by atoms with van der Waals surface area (Å²) in [4.78, 5) is 10.7. The van der Waals surface area contributed by atoms with Crippen LogP contribution in [0.15, 0.2) is 30.9 Å². The van der Waals surface area contributed by atoms with Crippen molar-refractivity contribution in [2.24, 2.45) is 0 Å². The molecule has 1 aromatic carbocycles. The van der Waals surface area contributed by atoms with Gasteiger partial charge in [0.25, 0.3) is 0 Å². The molecule has 17 heavy (non-hydrogen) atoms. The topological polar surface area (TPSA) is 84.4 Å². The number of nitrogens with one attached hydrogen (secondary N) is 2. The van der Waals surface area contributed by atoms with Crippen LogP contribution >= 0.6 is 12.2 Å². The van der Waals surface area contributed by atoms with Crippen LogP contribution in [0.5, 0.6) is 5.75 Å². The molecule has 1 rings (SSSR count). The van der Waals surface area contributed by atoms with Crippen LogP contribution in [-0.4, -0.2) is 22.7 Å². The van der Waals surface area contributed by atoms with Crippen molar-refractivity contribution in [1.82, 2.24) is 5.32 Å². The fourth-order valence-corrected chi connectivity index (χ4v) is 1.32. The number of hydrogen-bond donors (Lipinski definition) is 3. The fourth-order valence-electron chi connectivity index (χ4n) is 1.12. The van der Waals surface area contributed by atoms with E-state index in [-0.39, 0.29) is 5.56 Å². The highest BCUT2D eigenvalue weighted by Gasteiger charge is 2.05. The molecule has 0 aliphatic heterocycles. The Kier molecular flexibility index (Phi) is 4.47. The highest BCUT2D eigenvalue weighted by Crippen LogP contribution is 2.18. The van der Waals surface area contributed by atoms with Crippen molar-refractivity contribution in [1.29, 1.82) is 0 Å². The minimum Gasteiger partial charge on any atom is -0.872 e. The van der Waals surface area contributed by atoms with Gasteiger partial charge in [-0.2, -0.15) is 0 Å². The quantitative estimate of drug-likeness (QED) is 0.545. The molecule has 0 saturated carbocycles. The van der Waals surface area contributed by atoms with Crippen LogP contribution in [0.2, 0.25) is 0 Å². The monoisotopic (exact) mass is 251 g/mol. The van der Waals surface area contributed by atoms with Crippen molar-refractivity contribution < 1.29 is 15.0 Å². The van der Waals surface area contributed by atoms with Gasteiger partial charge in [-0.15, -0.1) is 6.58 Å². The maximum absolute atomic E-state index is 11.2. The van der Waals surface area contributed by atoms with Crippen molar-refractivity contribution in [2.45, 2.75) is 0 Å². The van der Waals surface area contributed by atoms with Crippen molar-refractivity contribution in [3.63, 3.8) is 0 Å². The lowest BCUT2D eigenvalue weighted by Crippen LogP contribution is -2.28. The number of carboxylic acid groups (broad SMARTS) is 1. The molecule has 0 amide bonds. The number of aromatic carboxylic acids is 1. The molecular weight excluding hydrogens is 240 g/mol. The zero-order valence-corrected chi connectivity index (χ0v) is 9.71. The Balaban J connectivity index is 2.79. The lowest BCUT2D eigenvalue weighted by atomic mass is 10.2. The predicted octanol–water partition coefficient (Wildman–Crippen LogP) is 0.931. The van der Waals surface area contributed by atoms with E-state index >= 15 is 0 Å². The van der Waals surface area contributed by atoms with Gasteiger partial charge < -0.3 is 20.8 Å². The van der Waals surface area contributed by atoms with Crippen LogP contribution in [-0.2, 0) is 0 Å². The Hall–Kier alpha value is -2.08. The van der Waals surface area contributed by atoms with E-state index in [0.717, 1.165) is 0 Å². The second-order valence-electron chi connectivity index (χ2n) is 3.14. The number of rotatable bonds is 4. The molecule has 3 N–H and O–H groups in total. The third-order valence-corrected chi connectivity index (χ3v) is 2.12. The molecule has 1 aromatic rings. The van der Waals surface area contributed by atoms with E-state index in [4.69, 9.17) is 17.3 Å². The van der Waals surface area contributed by atoms with E-state index in [9.17, 15) is 9.90 Å². The number of carboxylic acids is 1. The molecule has 0 aliphatic rings. The summed E-state index contributed by atoms with van der Waals surface area (Å²) in [7, 11) is 0. The summed E-state index contributed by atoms with van der Waals surface area (Å²) in [6.45, 7) is 4.02. The van der Waals surface area contributed by atoms with Gasteiger partial charge in [-0.25, -0.2) is 4.79 Å². The summed E-state index contributed by atoms with van der Waals surface area (Å²) >= 11 is 4.95. The van der Waals surface area contributed by atoms with Gasteiger partial charge >= 0.3 is 5.97 Å². The van der Waals surface area contributed by atoms with Crippen molar-refractivity contribution in [3.05, 3.63) is 36.4 Å². The zero-order chi connectivity index (χ0) is 12.8. The van der Waals surface area contributed by atoms with Crippen LogP contribution in [0, 0.1) is 0 Å². The summed E-state index contributed by atoms with van der Waals surface area (Å²) in [6.07, 6.45) is 1.64. The van der Waals surface area contributed by atoms with Crippen LogP contribution in [0.3, 0.4) is 0 Å². The Morgan fingerprint density at radius 2 is 2.29 bits per heavy atom. The first kappa shape index (κ1) is 13.0. The molecule has 0 heterocycles. The van der Waals surface area contributed by atoms with Crippen molar-refractivity contribution >= 4 is 29.0 Å². The van der Waals surface area contributed by atoms with Gasteiger partial charge in [0.15, 0.2) is 5.11 Å². The van der Waals surface area contributed by atoms with Gasteiger partial charge in [0, 0.05) is 12.2 Å². The summed E-state index contributed by atoms with van der Waals surface area (Å²) in [5.41, 5.74) is 0.157. The minimum absolute atomic E-state index is 0.290. The Bertz CT molecular complexity index is 460. The molecule has 0 fully saturated rings. The minimum atomic E-state index is -1.26. The van der Waals surface area contributed by atoms with Crippen LogP contribution in [0.1, 0.15) is 10.4 Å². The van der Waals surface area contributed by atoms with E-state index in [1.54, 1.807) is 6.08 Å². The summed E-state index contributed by atoms with van der Waals surface area (Å²) in [5, 5.41) is 25.9. The molecule has 0 aliphatic carbocycles. The highest BCUT2D eigenvalue weighted by atomic mass is 32.1. The lowest BCUT2D eigenvalue weighted by Gasteiger charge is -2.13. The molecule has 0 saturated heterocycles. The number of benzene rings is 1. The van der Waals surface area contributed by atoms with Crippen LogP contribution in [0.25, 0.3) is 0 Å². The smallest absolute Gasteiger partial charge is 0.335 e.